The van der Waals surface area contributed by atoms with Crippen LogP contribution in [0.1, 0.15) is 20.8 Å². The van der Waals surface area contributed by atoms with Crippen LogP contribution in [0.15, 0.2) is 12.3 Å². The van der Waals surface area contributed by atoms with E-state index in [1.807, 2.05) is 0 Å². The lowest BCUT2D eigenvalue weighted by Crippen LogP contribution is -2.50. The van der Waals surface area contributed by atoms with Crippen molar-refractivity contribution >= 4 is 17.7 Å². The second-order valence-electron chi connectivity index (χ2n) is 5.33. The van der Waals surface area contributed by atoms with Crippen LogP contribution in [0.25, 0.3) is 0 Å². The summed E-state index contributed by atoms with van der Waals surface area (Å²) in [5, 5.41) is 25.5. The number of hydrogen-bond acceptors (Lipinski definition) is 5. The van der Waals surface area contributed by atoms with E-state index >= 15 is 0 Å². The molecule has 0 fully saturated rings. The molecular weight excluding hydrogens is 268 g/mol. The number of hydrogen-bond donors (Lipinski definition) is 2. The minimum atomic E-state index is -1.14. The molecule has 2 N–H and O–H groups in total. The van der Waals surface area contributed by atoms with Crippen molar-refractivity contribution in [3.63, 3.8) is 0 Å². The molecule has 9 heteroatoms. The van der Waals surface area contributed by atoms with Crippen molar-refractivity contribution in [3.05, 3.63) is 22.4 Å². The summed E-state index contributed by atoms with van der Waals surface area (Å²) in [7, 11) is 0. The molecule has 0 unspecified atom stereocenters. The summed E-state index contributed by atoms with van der Waals surface area (Å²) in [6.07, 6.45) is 1.28. The van der Waals surface area contributed by atoms with Gasteiger partial charge in [0, 0.05) is 0 Å². The Labute approximate surface area is 114 Å². The summed E-state index contributed by atoms with van der Waals surface area (Å²) in [6, 6.07) is 0.103. The zero-order chi connectivity index (χ0) is 15.5. The molecule has 20 heavy (non-hydrogen) atoms. The summed E-state index contributed by atoms with van der Waals surface area (Å²) in [4.78, 5) is 32.6. The van der Waals surface area contributed by atoms with Crippen molar-refractivity contribution in [3.8, 4) is 0 Å². The number of nitrogens with zero attached hydrogens (tertiary/aromatic N) is 3. The number of carboxylic acid groups (broad SMARTS) is 1. The molecule has 1 aromatic rings. The van der Waals surface area contributed by atoms with Crippen molar-refractivity contribution in [1.29, 1.82) is 0 Å². The van der Waals surface area contributed by atoms with Crippen LogP contribution in [0, 0.1) is 15.5 Å². The highest BCUT2D eigenvalue weighted by atomic mass is 16.6. The summed E-state index contributed by atoms with van der Waals surface area (Å²) in [5.41, 5.74) is -0.655. The first-order chi connectivity index (χ1) is 9.11. The van der Waals surface area contributed by atoms with E-state index in [1.165, 1.54) is 6.20 Å². The lowest BCUT2D eigenvalue weighted by molar-refractivity contribution is -0.389. The van der Waals surface area contributed by atoms with E-state index in [2.05, 4.69) is 10.4 Å². The lowest BCUT2D eigenvalue weighted by Gasteiger charge is -2.27. The quantitative estimate of drug-likeness (QED) is 0.595. The van der Waals surface area contributed by atoms with Crippen molar-refractivity contribution < 1.29 is 19.6 Å². The molecule has 1 amide bonds. The van der Waals surface area contributed by atoms with E-state index in [0.29, 0.717) is 0 Å². The summed E-state index contributed by atoms with van der Waals surface area (Å²) < 4.78 is 1.08. The number of aliphatic carboxylic acids is 1. The van der Waals surface area contributed by atoms with E-state index in [1.54, 1.807) is 20.8 Å². The number of aromatic nitrogens is 2. The first kappa shape index (κ1) is 15.6. The van der Waals surface area contributed by atoms with Crippen molar-refractivity contribution in [2.75, 3.05) is 0 Å². The van der Waals surface area contributed by atoms with Crippen molar-refractivity contribution in [2.24, 2.45) is 5.41 Å². The number of amides is 1. The SMILES string of the molecule is CC(C)(C)[C@H](NC(=O)Cn1ccc([N+](=O)[O-])n1)C(=O)O. The average Bonchev–Trinajstić information content (AvgIpc) is 2.72. The molecule has 0 aromatic carbocycles. The second kappa shape index (κ2) is 5.68. The number of nitrogens with one attached hydrogen (secondary N) is 1. The van der Waals surface area contributed by atoms with Crippen LogP contribution in [0.2, 0.25) is 0 Å². The van der Waals surface area contributed by atoms with Crippen LogP contribution in [0.5, 0.6) is 0 Å². The Hall–Kier alpha value is -2.45. The minimum absolute atomic E-state index is 0.284. The largest absolute Gasteiger partial charge is 0.480 e. The van der Waals surface area contributed by atoms with Gasteiger partial charge in [0.05, 0.1) is 17.4 Å². The molecule has 1 rings (SSSR count). The van der Waals surface area contributed by atoms with Crippen LogP contribution in [0.3, 0.4) is 0 Å². The van der Waals surface area contributed by atoms with Gasteiger partial charge in [-0.2, -0.15) is 4.68 Å². The van der Waals surface area contributed by atoms with Gasteiger partial charge in [0.15, 0.2) is 0 Å². The zero-order valence-corrected chi connectivity index (χ0v) is 11.4. The van der Waals surface area contributed by atoms with Gasteiger partial charge < -0.3 is 20.5 Å². The van der Waals surface area contributed by atoms with E-state index in [0.717, 1.165) is 10.7 Å². The number of nitro groups is 1. The Morgan fingerprint density at radius 2 is 2.15 bits per heavy atom. The molecular formula is C11H16N4O5. The normalized spacial score (nSPS) is 12.8. The van der Waals surface area contributed by atoms with E-state index in [-0.39, 0.29) is 12.4 Å². The summed E-state index contributed by atoms with van der Waals surface area (Å²) >= 11 is 0. The van der Waals surface area contributed by atoms with Gasteiger partial charge in [0.1, 0.15) is 12.6 Å². The fourth-order valence-electron chi connectivity index (χ4n) is 1.54. The summed E-state index contributed by atoms with van der Waals surface area (Å²) in [5.74, 6) is -2.09. The fraction of sp³-hybridized carbons (Fsp3) is 0.545. The maximum absolute atomic E-state index is 11.7. The van der Waals surface area contributed by atoms with E-state index in [4.69, 9.17) is 5.11 Å². The Kier molecular flexibility index (Phi) is 4.43. The molecule has 110 valence electrons. The van der Waals surface area contributed by atoms with E-state index in [9.17, 15) is 19.7 Å². The molecule has 1 aromatic heterocycles. The molecule has 0 aliphatic rings. The van der Waals surface area contributed by atoms with Crippen molar-refractivity contribution in [2.45, 2.75) is 33.4 Å². The van der Waals surface area contributed by atoms with Crippen molar-refractivity contribution in [1.82, 2.24) is 15.1 Å². The standard InChI is InChI=1S/C11H16N4O5/c1-11(2,3)9(10(17)18)12-8(16)6-14-5-4-7(13-14)15(19)20/h4-5,9H,6H2,1-3H3,(H,12,16)(H,17,18)/t9-/m1/s1. The summed E-state index contributed by atoms with van der Waals surface area (Å²) in [6.45, 7) is 4.77. The fourth-order valence-corrected chi connectivity index (χ4v) is 1.54. The van der Waals surface area contributed by atoms with Crippen LogP contribution < -0.4 is 5.32 Å². The van der Waals surface area contributed by atoms with Gasteiger partial charge >= 0.3 is 11.8 Å². The maximum atomic E-state index is 11.7. The highest BCUT2D eigenvalue weighted by Crippen LogP contribution is 2.19. The first-order valence-electron chi connectivity index (χ1n) is 5.81. The lowest BCUT2D eigenvalue weighted by atomic mass is 9.87. The number of carboxylic acids is 1. The Balaban J connectivity index is 2.71. The topological polar surface area (TPSA) is 127 Å². The van der Waals surface area contributed by atoms with E-state index < -0.39 is 28.3 Å². The third-order valence-electron chi connectivity index (χ3n) is 2.54. The smallest absolute Gasteiger partial charge is 0.389 e. The van der Waals surface area contributed by atoms with Gasteiger partial charge in [-0.25, -0.2) is 4.79 Å². The second-order valence-corrected chi connectivity index (χ2v) is 5.33. The van der Waals surface area contributed by atoms with Crippen LogP contribution in [-0.4, -0.2) is 37.7 Å². The number of rotatable bonds is 5. The average molecular weight is 284 g/mol. The van der Waals surface area contributed by atoms with Gasteiger partial charge in [-0.15, -0.1) is 0 Å². The molecule has 0 aliphatic heterocycles. The zero-order valence-electron chi connectivity index (χ0n) is 11.4. The van der Waals surface area contributed by atoms with Gasteiger partial charge in [-0.05, 0) is 10.3 Å². The third kappa shape index (κ3) is 4.04. The molecule has 1 atom stereocenters. The molecule has 0 spiro atoms. The number of carbonyl (C=O) groups excluding carboxylic acids is 1. The molecule has 0 saturated carbocycles. The van der Waals surface area contributed by atoms with Gasteiger partial charge in [0.2, 0.25) is 5.91 Å². The highest BCUT2D eigenvalue weighted by molar-refractivity contribution is 5.83. The Morgan fingerprint density at radius 1 is 1.55 bits per heavy atom. The molecule has 9 nitrogen and oxygen atoms in total. The van der Waals surface area contributed by atoms with Gasteiger partial charge in [-0.1, -0.05) is 20.8 Å². The Morgan fingerprint density at radius 3 is 2.55 bits per heavy atom. The molecule has 0 aliphatic carbocycles. The minimum Gasteiger partial charge on any atom is -0.480 e. The monoisotopic (exact) mass is 284 g/mol. The third-order valence-corrected chi connectivity index (χ3v) is 2.54. The highest BCUT2D eigenvalue weighted by Gasteiger charge is 2.32. The van der Waals surface area contributed by atoms with Crippen LogP contribution >= 0.6 is 0 Å². The first-order valence-corrected chi connectivity index (χ1v) is 5.81. The van der Waals surface area contributed by atoms with Gasteiger partial charge in [-0.3, -0.25) is 4.79 Å². The van der Waals surface area contributed by atoms with Crippen LogP contribution in [0.4, 0.5) is 5.82 Å². The molecule has 0 bridgehead atoms. The Bertz CT molecular complexity index is 531. The van der Waals surface area contributed by atoms with Gasteiger partial charge in [0.25, 0.3) is 0 Å². The maximum Gasteiger partial charge on any atom is 0.389 e. The molecule has 1 heterocycles. The predicted molar refractivity (Wildman–Crippen MR) is 67.9 cm³/mol. The van der Waals surface area contributed by atoms with Crippen LogP contribution in [-0.2, 0) is 16.1 Å². The predicted octanol–water partition coefficient (Wildman–Crippen LogP) is 0.407. The molecule has 0 radical (unpaired) electrons. The number of carbonyl (C=O) groups is 2. The molecule has 0 saturated heterocycles.